The fraction of sp³-hybridized carbons (Fsp3) is 0.533. The summed E-state index contributed by atoms with van der Waals surface area (Å²) in [5.74, 6) is 0.154. The molecule has 0 radical (unpaired) electrons. The number of carbonyl (C=O) groups is 1. The lowest BCUT2D eigenvalue weighted by atomic mass is 9.82. The Morgan fingerprint density at radius 1 is 1.50 bits per heavy atom. The molecule has 0 spiro atoms. The van der Waals surface area contributed by atoms with Crippen LogP contribution in [0.25, 0.3) is 0 Å². The summed E-state index contributed by atoms with van der Waals surface area (Å²) in [4.78, 5) is 13.4. The predicted octanol–water partition coefficient (Wildman–Crippen LogP) is 2.09. The van der Waals surface area contributed by atoms with Crippen LogP contribution in [0.5, 0.6) is 11.5 Å². The van der Waals surface area contributed by atoms with Gasteiger partial charge in [-0.15, -0.1) is 0 Å². The molecule has 1 heterocycles. The number of carboxylic acid groups (broad SMARTS) is 1. The van der Waals surface area contributed by atoms with Crippen molar-refractivity contribution in [1.82, 2.24) is 4.90 Å². The minimum atomic E-state index is -0.753. The van der Waals surface area contributed by atoms with E-state index in [9.17, 15) is 15.0 Å². The van der Waals surface area contributed by atoms with Crippen molar-refractivity contribution < 1.29 is 19.7 Å². The smallest absolute Gasteiger partial charge is 0.310 e. The van der Waals surface area contributed by atoms with Crippen molar-refractivity contribution in [3.8, 4) is 11.5 Å². The van der Waals surface area contributed by atoms with Gasteiger partial charge < -0.3 is 14.9 Å². The highest BCUT2D eigenvalue weighted by molar-refractivity contribution is 5.74. The van der Waals surface area contributed by atoms with Gasteiger partial charge in [-0.25, -0.2) is 0 Å². The van der Waals surface area contributed by atoms with Gasteiger partial charge in [-0.2, -0.15) is 0 Å². The summed E-state index contributed by atoms with van der Waals surface area (Å²) in [5.41, 5.74) is 0.0613. The third-order valence-corrected chi connectivity index (χ3v) is 3.97. The topological polar surface area (TPSA) is 70.0 Å². The molecule has 1 aliphatic rings. The molecule has 0 aliphatic carbocycles. The number of rotatable bonds is 4. The van der Waals surface area contributed by atoms with Crippen LogP contribution in [0.4, 0.5) is 0 Å². The van der Waals surface area contributed by atoms with E-state index in [1.54, 1.807) is 32.2 Å². The Hall–Kier alpha value is -1.75. The van der Waals surface area contributed by atoms with Crippen molar-refractivity contribution in [1.29, 1.82) is 0 Å². The summed E-state index contributed by atoms with van der Waals surface area (Å²) in [5, 5.41) is 19.2. The molecule has 1 saturated heterocycles. The van der Waals surface area contributed by atoms with Crippen LogP contribution in [0.15, 0.2) is 18.2 Å². The number of benzene rings is 1. The second-order valence-electron chi connectivity index (χ2n) is 5.67. The number of phenols is 1. The number of likely N-dealkylation sites (tertiary alicyclic amines) is 1. The van der Waals surface area contributed by atoms with Crippen LogP contribution in [0, 0.1) is 5.41 Å². The summed E-state index contributed by atoms with van der Waals surface area (Å²) >= 11 is 0. The fourth-order valence-electron chi connectivity index (χ4n) is 2.71. The van der Waals surface area contributed by atoms with Crippen LogP contribution in [-0.4, -0.2) is 41.3 Å². The number of carboxylic acids is 1. The van der Waals surface area contributed by atoms with Crippen molar-refractivity contribution in [3.05, 3.63) is 23.8 Å². The van der Waals surface area contributed by atoms with Crippen molar-refractivity contribution >= 4 is 5.97 Å². The predicted molar refractivity (Wildman–Crippen MR) is 74.9 cm³/mol. The maximum atomic E-state index is 11.3. The van der Waals surface area contributed by atoms with E-state index >= 15 is 0 Å². The average Bonchev–Trinajstić information content (AvgIpc) is 2.41. The van der Waals surface area contributed by atoms with Crippen LogP contribution >= 0.6 is 0 Å². The SMILES string of the molecule is COc1ccc(O)c(CN2CCCC(C)(C(=O)O)C2)c1. The molecule has 1 atom stereocenters. The highest BCUT2D eigenvalue weighted by Gasteiger charge is 2.37. The van der Waals surface area contributed by atoms with Crippen LogP contribution in [0.3, 0.4) is 0 Å². The number of piperidine rings is 1. The molecule has 1 aromatic carbocycles. The van der Waals surface area contributed by atoms with E-state index in [2.05, 4.69) is 4.90 Å². The highest BCUT2D eigenvalue weighted by Crippen LogP contribution is 2.32. The van der Waals surface area contributed by atoms with Crippen LogP contribution in [0.1, 0.15) is 25.3 Å². The third-order valence-electron chi connectivity index (χ3n) is 3.97. The van der Waals surface area contributed by atoms with Crippen molar-refractivity contribution in [2.24, 2.45) is 5.41 Å². The van der Waals surface area contributed by atoms with E-state index in [0.717, 1.165) is 18.5 Å². The van der Waals surface area contributed by atoms with E-state index in [4.69, 9.17) is 4.74 Å². The maximum absolute atomic E-state index is 11.3. The van der Waals surface area contributed by atoms with Crippen molar-refractivity contribution in [3.63, 3.8) is 0 Å². The Kier molecular flexibility index (Phi) is 4.18. The summed E-state index contributed by atoms with van der Waals surface area (Å²) in [6.07, 6.45) is 1.55. The fourth-order valence-corrected chi connectivity index (χ4v) is 2.71. The number of methoxy groups -OCH3 is 1. The molecule has 2 rings (SSSR count). The number of nitrogens with zero attached hydrogens (tertiary/aromatic N) is 1. The molecule has 5 nitrogen and oxygen atoms in total. The van der Waals surface area contributed by atoms with Gasteiger partial charge in [0.2, 0.25) is 0 Å². The summed E-state index contributed by atoms with van der Waals surface area (Å²) in [7, 11) is 1.58. The molecule has 2 N–H and O–H groups in total. The van der Waals surface area contributed by atoms with E-state index in [0.29, 0.717) is 25.3 Å². The zero-order valence-electron chi connectivity index (χ0n) is 11.9. The Balaban J connectivity index is 2.12. The first-order valence-corrected chi connectivity index (χ1v) is 6.76. The quantitative estimate of drug-likeness (QED) is 0.883. The normalized spacial score (nSPS) is 23.5. The van der Waals surface area contributed by atoms with Crippen LogP contribution in [-0.2, 0) is 11.3 Å². The number of phenolic OH excluding ortho intramolecular Hbond substituents is 1. The summed E-state index contributed by atoms with van der Waals surface area (Å²) in [6, 6.07) is 5.10. The monoisotopic (exact) mass is 279 g/mol. The highest BCUT2D eigenvalue weighted by atomic mass is 16.5. The first-order chi connectivity index (χ1) is 9.44. The minimum Gasteiger partial charge on any atom is -0.508 e. The Morgan fingerprint density at radius 2 is 2.25 bits per heavy atom. The lowest BCUT2D eigenvalue weighted by Crippen LogP contribution is -2.45. The first-order valence-electron chi connectivity index (χ1n) is 6.76. The van der Waals surface area contributed by atoms with Gasteiger partial charge in [0, 0.05) is 18.7 Å². The molecule has 1 fully saturated rings. The second kappa shape index (κ2) is 5.71. The zero-order valence-corrected chi connectivity index (χ0v) is 11.9. The second-order valence-corrected chi connectivity index (χ2v) is 5.67. The first kappa shape index (κ1) is 14.7. The molecular formula is C15H21NO4. The lowest BCUT2D eigenvalue weighted by molar-refractivity contribution is -0.151. The molecule has 5 heteroatoms. The number of ether oxygens (including phenoxy) is 1. The Bertz CT molecular complexity index is 503. The van der Waals surface area contributed by atoms with Crippen LogP contribution < -0.4 is 4.74 Å². The summed E-state index contributed by atoms with van der Waals surface area (Å²) < 4.78 is 5.15. The standard InChI is InChI=1S/C15H21NO4/c1-15(14(18)19)6-3-7-16(10-15)9-11-8-12(20-2)4-5-13(11)17/h4-5,8,17H,3,6-7,9-10H2,1-2H3,(H,18,19). The van der Waals surface area contributed by atoms with Gasteiger partial charge in [-0.05, 0) is 44.5 Å². The Labute approximate surface area is 118 Å². The van der Waals surface area contributed by atoms with E-state index in [1.165, 1.54) is 0 Å². The number of aromatic hydroxyl groups is 1. The van der Waals surface area contributed by atoms with Gasteiger partial charge in [0.05, 0.1) is 12.5 Å². The van der Waals surface area contributed by atoms with E-state index in [1.807, 2.05) is 0 Å². The maximum Gasteiger partial charge on any atom is 0.310 e. The van der Waals surface area contributed by atoms with Gasteiger partial charge >= 0.3 is 5.97 Å². The van der Waals surface area contributed by atoms with E-state index < -0.39 is 11.4 Å². The van der Waals surface area contributed by atoms with Gasteiger partial charge in [-0.1, -0.05) is 0 Å². The number of hydrogen-bond donors (Lipinski definition) is 2. The third kappa shape index (κ3) is 3.04. The number of aliphatic carboxylic acids is 1. The molecule has 0 saturated carbocycles. The van der Waals surface area contributed by atoms with Crippen molar-refractivity contribution in [2.75, 3.05) is 20.2 Å². The molecule has 0 bridgehead atoms. The van der Waals surface area contributed by atoms with Crippen molar-refractivity contribution in [2.45, 2.75) is 26.3 Å². The summed E-state index contributed by atoms with van der Waals surface area (Å²) in [6.45, 7) is 3.66. The molecule has 0 aromatic heterocycles. The zero-order chi connectivity index (χ0) is 14.8. The van der Waals surface area contributed by atoms with Crippen LogP contribution in [0.2, 0.25) is 0 Å². The molecule has 0 amide bonds. The van der Waals surface area contributed by atoms with Gasteiger partial charge in [-0.3, -0.25) is 9.69 Å². The molecule has 1 aliphatic heterocycles. The molecule has 110 valence electrons. The lowest BCUT2D eigenvalue weighted by Gasteiger charge is -2.37. The molecule has 1 unspecified atom stereocenters. The largest absolute Gasteiger partial charge is 0.508 e. The van der Waals surface area contributed by atoms with Gasteiger partial charge in [0.15, 0.2) is 0 Å². The van der Waals surface area contributed by atoms with Gasteiger partial charge in [0.1, 0.15) is 11.5 Å². The number of hydrogen-bond acceptors (Lipinski definition) is 4. The minimum absolute atomic E-state index is 0.216. The Morgan fingerprint density at radius 3 is 2.90 bits per heavy atom. The molecular weight excluding hydrogens is 258 g/mol. The average molecular weight is 279 g/mol. The molecule has 1 aromatic rings. The van der Waals surface area contributed by atoms with Gasteiger partial charge in [0.25, 0.3) is 0 Å². The molecule has 20 heavy (non-hydrogen) atoms. The van der Waals surface area contributed by atoms with E-state index in [-0.39, 0.29) is 5.75 Å².